The molecule has 0 saturated heterocycles. The van der Waals surface area contributed by atoms with Crippen molar-refractivity contribution in [3.8, 4) is 0 Å². The van der Waals surface area contributed by atoms with Crippen LogP contribution in [0, 0.1) is 11.8 Å². The minimum absolute atomic E-state index is 0.00422. The van der Waals surface area contributed by atoms with Crippen LogP contribution in [0.1, 0.15) is 33.3 Å². The maximum Gasteiger partial charge on any atom is 0.330 e. The third kappa shape index (κ3) is 5.22. The van der Waals surface area contributed by atoms with Crippen LogP contribution in [0.15, 0.2) is 46.0 Å². The van der Waals surface area contributed by atoms with Gasteiger partial charge in [0.15, 0.2) is 5.69 Å². The van der Waals surface area contributed by atoms with Gasteiger partial charge in [-0.05, 0) is 23.5 Å². The standard InChI is InChI=1S/C21H28N4O3/c1-14(2)12-24(17(26)11-10-16-8-6-5-7-9-16)18-19(22)25(13-15(3)4)21(28)23-20(18)27/h5-11,14-15H,12-13,22H2,1-4H3,(H,23,27,28)/b11-10+. The van der Waals surface area contributed by atoms with E-state index in [1.165, 1.54) is 15.5 Å². The molecule has 0 saturated carbocycles. The Balaban J connectivity index is 2.51. The number of H-pyrrole nitrogens is 1. The Kier molecular flexibility index (Phi) is 6.98. The predicted octanol–water partition coefficient (Wildman–Crippen LogP) is 2.48. The zero-order valence-corrected chi connectivity index (χ0v) is 16.8. The van der Waals surface area contributed by atoms with Crippen molar-refractivity contribution in [2.75, 3.05) is 17.2 Å². The summed E-state index contributed by atoms with van der Waals surface area (Å²) in [5, 5.41) is 0. The topological polar surface area (TPSA) is 101 Å². The average molecular weight is 384 g/mol. The molecule has 0 aliphatic carbocycles. The molecule has 0 spiro atoms. The van der Waals surface area contributed by atoms with Crippen LogP contribution in [-0.2, 0) is 11.3 Å². The molecule has 7 heteroatoms. The Morgan fingerprint density at radius 1 is 1.14 bits per heavy atom. The van der Waals surface area contributed by atoms with E-state index in [1.54, 1.807) is 6.08 Å². The van der Waals surface area contributed by atoms with E-state index in [2.05, 4.69) is 4.98 Å². The van der Waals surface area contributed by atoms with Gasteiger partial charge in [0, 0.05) is 19.2 Å². The zero-order valence-electron chi connectivity index (χ0n) is 16.8. The number of nitrogens with zero attached hydrogens (tertiary/aromatic N) is 2. The molecule has 2 aromatic rings. The number of anilines is 2. The summed E-state index contributed by atoms with van der Waals surface area (Å²) in [6.07, 6.45) is 3.10. The molecule has 3 N–H and O–H groups in total. The smallest absolute Gasteiger partial charge is 0.330 e. The van der Waals surface area contributed by atoms with E-state index in [0.717, 1.165) is 5.56 Å². The molecule has 0 radical (unpaired) electrons. The maximum atomic E-state index is 12.9. The second-order valence-corrected chi connectivity index (χ2v) is 7.58. The van der Waals surface area contributed by atoms with Crippen molar-refractivity contribution in [3.05, 3.63) is 62.8 Å². The second-order valence-electron chi connectivity index (χ2n) is 7.58. The van der Waals surface area contributed by atoms with Gasteiger partial charge in [-0.25, -0.2) is 4.79 Å². The maximum absolute atomic E-state index is 12.9. The van der Waals surface area contributed by atoms with Gasteiger partial charge < -0.3 is 10.6 Å². The number of benzene rings is 1. The summed E-state index contributed by atoms with van der Waals surface area (Å²) < 4.78 is 1.31. The summed E-state index contributed by atoms with van der Waals surface area (Å²) in [6, 6.07) is 9.39. The molecule has 1 aromatic heterocycles. The molecular weight excluding hydrogens is 356 g/mol. The van der Waals surface area contributed by atoms with Crippen LogP contribution in [0.3, 0.4) is 0 Å². The first kappa shape index (κ1) is 21.2. The van der Waals surface area contributed by atoms with Crippen LogP contribution in [0.4, 0.5) is 11.5 Å². The van der Waals surface area contributed by atoms with Crippen molar-refractivity contribution < 1.29 is 4.79 Å². The number of aromatic amines is 1. The Labute approximate surface area is 164 Å². The van der Waals surface area contributed by atoms with E-state index in [9.17, 15) is 14.4 Å². The Bertz CT molecular complexity index is 956. The number of amides is 1. The van der Waals surface area contributed by atoms with Crippen molar-refractivity contribution in [2.24, 2.45) is 11.8 Å². The van der Waals surface area contributed by atoms with Gasteiger partial charge in [0.2, 0.25) is 0 Å². The van der Waals surface area contributed by atoms with E-state index in [4.69, 9.17) is 5.73 Å². The molecule has 0 fully saturated rings. The highest BCUT2D eigenvalue weighted by Crippen LogP contribution is 2.20. The highest BCUT2D eigenvalue weighted by Gasteiger charge is 2.23. The number of nitrogens with two attached hydrogens (primary N) is 1. The highest BCUT2D eigenvalue weighted by molar-refractivity contribution is 6.05. The number of nitrogens with one attached hydrogen (secondary N) is 1. The molecule has 0 unspecified atom stereocenters. The summed E-state index contributed by atoms with van der Waals surface area (Å²) in [6.45, 7) is 8.40. The van der Waals surface area contributed by atoms with Crippen molar-refractivity contribution >= 4 is 23.5 Å². The number of nitrogen functional groups attached to an aromatic ring is 1. The van der Waals surface area contributed by atoms with Crippen LogP contribution >= 0.6 is 0 Å². The normalized spacial score (nSPS) is 11.5. The van der Waals surface area contributed by atoms with Gasteiger partial charge in [0.25, 0.3) is 11.5 Å². The number of aromatic nitrogens is 2. The summed E-state index contributed by atoms with van der Waals surface area (Å²) in [7, 11) is 0. The Morgan fingerprint density at radius 3 is 2.36 bits per heavy atom. The van der Waals surface area contributed by atoms with Crippen LogP contribution in [0.25, 0.3) is 6.08 Å². The first-order valence-electron chi connectivity index (χ1n) is 9.38. The molecule has 1 heterocycles. The summed E-state index contributed by atoms with van der Waals surface area (Å²) in [5.41, 5.74) is 5.82. The van der Waals surface area contributed by atoms with Crippen molar-refractivity contribution in [1.29, 1.82) is 0 Å². The summed E-state index contributed by atoms with van der Waals surface area (Å²) in [5.74, 6) is -0.126. The van der Waals surface area contributed by atoms with Gasteiger partial charge in [-0.15, -0.1) is 0 Å². The summed E-state index contributed by atoms with van der Waals surface area (Å²) >= 11 is 0. The van der Waals surface area contributed by atoms with E-state index >= 15 is 0 Å². The lowest BCUT2D eigenvalue weighted by molar-refractivity contribution is -0.114. The fourth-order valence-corrected chi connectivity index (χ4v) is 2.86. The van der Waals surface area contributed by atoms with E-state index in [-0.39, 0.29) is 29.2 Å². The molecule has 28 heavy (non-hydrogen) atoms. The third-order valence-corrected chi connectivity index (χ3v) is 4.06. The molecule has 150 valence electrons. The Hall–Kier alpha value is -3.09. The monoisotopic (exact) mass is 384 g/mol. The van der Waals surface area contributed by atoms with Gasteiger partial charge in [-0.1, -0.05) is 58.0 Å². The quantitative estimate of drug-likeness (QED) is 0.716. The number of carbonyl (C=O) groups excluding carboxylic acids is 1. The first-order chi connectivity index (χ1) is 13.2. The van der Waals surface area contributed by atoms with Crippen molar-refractivity contribution in [1.82, 2.24) is 9.55 Å². The fourth-order valence-electron chi connectivity index (χ4n) is 2.86. The molecule has 0 bridgehead atoms. The number of rotatable bonds is 7. The minimum Gasteiger partial charge on any atom is -0.383 e. The van der Waals surface area contributed by atoms with Crippen molar-refractivity contribution in [3.63, 3.8) is 0 Å². The molecule has 1 amide bonds. The summed E-state index contributed by atoms with van der Waals surface area (Å²) in [4.78, 5) is 41.3. The van der Waals surface area contributed by atoms with Gasteiger partial charge >= 0.3 is 5.69 Å². The molecular formula is C21H28N4O3. The van der Waals surface area contributed by atoms with Gasteiger partial charge in [-0.3, -0.25) is 19.1 Å². The molecule has 7 nitrogen and oxygen atoms in total. The molecule has 0 atom stereocenters. The SMILES string of the molecule is CC(C)CN(C(=O)/C=C/c1ccccc1)c1c(N)n(CC(C)C)c(=O)[nH]c1=O. The van der Waals surface area contributed by atoms with Gasteiger partial charge in [0.05, 0.1) is 0 Å². The predicted molar refractivity (Wildman–Crippen MR) is 113 cm³/mol. The lowest BCUT2D eigenvalue weighted by Crippen LogP contribution is -2.42. The van der Waals surface area contributed by atoms with E-state index < -0.39 is 11.2 Å². The number of hydrogen-bond donors (Lipinski definition) is 2. The fraction of sp³-hybridized carbons (Fsp3) is 0.381. The lowest BCUT2D eigenvalue weighted by Gasteiger charge is -2.25. The average Bonchev–Trinajstić information content (AvgIpc) is 2.62. The minimum atomic E-state index is -0.662. The first-order valence-corrected chi connectivity index (χ1v) is 9.38. The van der Waals surface area contributed by atoms with E-state index in [0.29, 0.717) is 13.1 Å². The molecule has 0 aliphatic rings. The molecule has 2 rings (SSSR count). The van der Waals surface area contributed by atoms with Crippen molar-refractivity contribution in [2.45, 2.75) is 34.2 Å². The van der Waals surface area contributed by atoms with Crippen LogP contribution in [-0.4, -0.2) is 22.0 Å². The zero-order chi connectivity index (χ0) is 20.8. The molecule has 0 aliphatic heterocycles. The van der Waals surface area contributed by atoms with Crippen LogP contribution < -0.4 is 21.9 Å². The van der Waals surface area contributed by atoms with Crippen LogP contribution in [0.5, 0.6) is 0 Å². The number of hydrogen-bond acceptors (Lipinski definition) is 4. The van der Waals surface area contributed by atoms with Gasteiger partial charge in [-0.2, -0.15) is 0 Å². The van der Waals surface area contributed by atoms with Crippen LogP contribution in [0.2, 0.25) is 0 Å². The largest absolute Gasteiger partial charge is 0.383 e. The van der Waals surface area contributed by atoms with E-state index in [1.807, 2.05) is 58.0 Å². The highest BCUT2D eigenvalue weighted by atomic mass is 16.2. The lowest BCUT2D eigenvalue weighted by atomic mass is 10.1. The van der Waals surface area contributed by atoms with Gasteiger partial charge in [0.1, 0.15) is 5.82 Å². The Morgan fingerprint density at radius 2 is 1.79 bits per heavy atom. The number of carbonyl (C=O) groups is 1. The second kappa shape index (κ2) is 9.21. The molecule has 1 aromatic carbocycles. The third-order valence-electron chi connectivity index (χ3n) is 4.06.